The number of nitrogens with one attached hydrogen (secondary N) is 1. The van der Waals surface area contributed by atoms with Crippen LogP contribution in [-0.4, -0.2) is 30.7 Å². The van der Waals surface area contributed by atoms with Crippen LogP contribution in [0.25, 0.3) is 0 Å². The summed E-state index contributed by atoms with van der Waals surface area (Å²) in [6.07, 6.45) is 2.36. The van der Waals surface area contributed by atoms with Crippen molar-refractivity contribution in [3.63, 3.8) is 0 Å². The molecule has 1 N–H and O–H groups in total. The van der Waals surface area contributed by atoms with Gasteiger partial charge in [0.1, 0.15) is 5.75 Å². The quantitative estimate of drug-likeness (QED) is 0.804. The summed E-state index contributed by atoms with van der Waals surface area (Å²) in [7, 11) is 0. The number of thioether (sulfide) groups is 1. The molecule has 1 unspecified atom stereocenters. The molecule has 19 heavy (non-hydrogen) atoms. The lowest BCUT2D eigenvalue weighted by molar-refractivity contribution is 0.289. The van der Waals surface area contributed by atoms with Crippen molar-refractivity contribution < 1.29 is 4.74 Å². The first kappa shape index (κ1) is 14.7. The largest absolute Gasteiger partial charge is 0.494 e. The van der Waals surface area contributed by atoms with Gasteiger partial charge in [-0.15, -0.1) is 0 Å². The second-order valence-corrected chi connectivity index (χ2v) is 7.08. The molecule has 2 nitrogen and oxygen atoms in total. The molecule has 1 aliphatic heterocycles. The van der Waals surface area contributed by atoms with Gasteiger partial charge in [0.15, 0.2) is 0 Å². The van der Waals surface area contributed by atoms with Gasteiger partial charge in [0.2, 0.25) is 0 Å². The maximum absolute atomic E-state index is 5.69. The third-order valence-electron chi connectivity index (χ3n) is 3.38. The van der Waals surface area contributed by atoms with E-state index in [0.717, 1.165) is 25.3 Å². The topological polar surface area (TPSA) is 21.3 Å². The zero-order valence-corrected chi connectivity index (χ0v) is 12.8. The lowest BCUT2D eigenvalue weighted by Gasteiger charge is -2.35. The minimum atomic E-state index is 0.487. The zero-order chi connectivity index (χ0) is 13.6. The summed E-state index contributed by atoms with van der Waals surface area (Å²) in [6, 6.07) is 10.7. The van der Waals surface area contributed by atoms with Crippen LogP contribution in [-0.2, 0) is 0 Å². The Labute approximate surface area is 121 Å². The van der Waals surface area contributed by atoms with Gasteiger partial charge in [-0.05, 0) is 42.7 Å². The van der Waals surface area contributed by atoms with Gasteiger partial charge >= 0.3 is 0 Å². The Bertz CT molecular complexity index is 366. The highest BCUT2D eigenvalue weighted by Crippen LogP contribution is 2.33. The molecule has 1 heterocycles. The molecule has 0 saturated carbocycles. The van der Waals surface area contributed by atoms with Gasteiger partial charge in [0.05, 0.1) is 6.61 Å². The summed E-state index contributed by atoms with van der Waals surface area (Å²) in [4.78, 5) is 0. The maximum atomic E-state index is 5.69. The smallest absolute Gasteiger partial charge is 0.119 e. The molecule has 2 rings (SSSR count). The molecule has 0 radical (unpaired) electrons. The summed E-state index contributed by atoms with van der Waals surface area (Å²) in [5.41, 5.74) is 0.487. The van der Waals surface area contributed by atoms with Crippen molar-refractivity contribution in [2.45, 2.75) is 32.7 Å². The van der Waals surface area contributed by atoms with Crippen LogP contribution in [0.2, 0.25) is 0 Å². The Morgan fingerprint density at radius 1 is 1.32 bits per heavy atom. The van der Waals surface area contributed by atoms with E-state index in [2.05, 4.69) is 30.9 Å². The van der Waals surface area contributed by atoms with E-state index in [-0.39, 0.29) is 0 Å². The van der Waals surface area contributed by atoms with Gasteiger partial charge in [-0.25, -0.2) is 0 Å². The van der Waals surface area contributed by atoms with Crippen LogP contribution in [0.4, 0.5) is 0 Å². The van der Waals surface area contributed by atoms with Gasteiger partial charge in [-0.3, -0.25) is 0 Å². The SMILES string of the molecule is CC1(C)CSCC(NCCCOc2ccccc2)C1. The molecule has 1 saturated heterocycles. The van der Waals surface area contributed by atoms with Crippen LogP contribution in [0.5, 0.6) is 5.75 Å². The highest BCUT2D eigenvalue weighted by atomic mass is 32.2. The van der Waals surface area contributed by atoms with E-state index in [1.165, 1.54) is 17.9 Å². The third-order valence-corrected chi connectivity index (χ3v) is 5.00. The molecule has 0 amide bonds. The Morgan fingerprint density at radius 2 is 2.11 bits per heavy atom. The Hall–Kier alpha value is -0.670. The van der Waals surface area contributed by atoms with E-state index in [4.69, 9.17) is 4.74 Å². The first-order valence-corrected chi connectivity index (χ1v) is 8.30. The van der Waals surface area contributed by atoms with Gasteiger partial charge in [-0.1, -0.05) is 32.0 Å². The predicted octanol–water partition coefficient (Wildman–Crippen LogP) is 3.58. The standard InChI is InChI=1S/C16H25NOS/c1-16(2)11-14(12-19-13-16)17-9-6-10-18-15-7-4-3-5-8-15/h3-5,7-8,14,17H,6,9-13H2,1-2H3. The summed E-state index contributed by atoms with van der Waals surface area (Å²) in [5.74, 6) is 3.52. The predicted molar refractivity (Wildman–Crippen MR) is 84.1 cm³/mol. The molecular weight excluding hydrogens is 254 g/mol. The monoisotopic (exact) mass is 279 g/mol. The van der Waals surface area contributed by atoms with Gasteiger partial charge in [0.25, 0.3) is 0 Å². The Balaban J connectivity index is 1.57. The molecule has 1 aromatic carbocycles. The lowest BCUT2D eigenvalue weighted by atomic mass is 9.88. The van der Waals surface area contributed by atoms with Crippen molar-refractivity contribution in [3.05, 3.63) is 30.3 Å². The average molecular weight is 279 g/mol. The summed E-state index contributed by atoms with van der Waals surface area (Å²) < 4.78 is 5.69. The van der Waals surface area contributed by atoms with Crippen LogP contribution in [0, 0.1) is 5.41 Å². The van der Waals surface area contributed by atoms with Crippen LogP contribution < -0.4 is 10.1 Å². The van der Waals surface area contributed by atoms with E-state index in [0.29, 0.717) is 11.5 Å². The molecule has 106 valence electrons. The number of hydrogen-bond acceptors (Lipinski definition) is 3. The molecule has 1 aromatic rings. The minimum Gasteiger partial charge on any atom is -0.494 e. The molecule has 1 atom stereocenters. The van der Waals surface area contributed by atoms with Crippen molar-refractivity contribution in [1.29, 1.82) is 0 Å². The van der Waals surface area contributed by atoms with E-state index in [1.54, 1.807) is 0 Å². The summed E-state index contributed by atoms with van der Waals surface area (Å²) in [5, 5.41) is 3.66. The number of para-hydroxylation sites is 1. The molecule has 0 spiro atoms. The van der Waals surface area contributed by atoms with Crippen molar-refractivity contribution in [1.82, 2.24) is 5.32 Å². The molecule has 3 heteroatoms. The van der Waals surface area contributed by atoms with Crippen LogP contribution in [0.1, 0.15) is 26.7 Å². The summed E-state index contributed by atoms with van der Waals surface area (Å²) >= 11 is 2.08. The fraction of sp³-hybridized carbons (Fsp3) is 0.625. The number of rotatable bonds is 6. The van der Waals surface area contributed by atoms with Crippen LogP contribution in [0.3, 0.4) is 0 Å². The molecule has 0 bridgehead atoms. The fourth-order valence-electron chi connectivity index (χ4n) is 2.48. The van der Waals surface area contributed by atoms with Crippen molar-refractivity contribution >= 4 is 11.8 Å². The normalized spacial score (nSPS) is 22.1. The van der Waals surface area contributed by atoms with Crippen molar-refractivity contribution in [3.8, 4) is 5.75 Å². The highest BCUT2D eigenvalue weighted by Gasteiger charge is 2.27. The summed E-state index contributed by atoms with van der Waals surface area (Å²) in [6.45, 7) is 6.58. The zero-order valence-electron chi connectivity index (χ0n) is 12.0. The van der Waals surface area contributed by atoms with Crippen LogP contribution >= 0.6 is 11.8 Å². The number of benzene rings is 1. The Morgan fingerprint density at radius 3 is 2.84 bits per heavy atom. The van der Waals surface area contributed by atoms with Crippen molar-refractivity contribution in [2.75, 3.05) is 24.7 Å². The second kappa shape index (κ2) is 7.20. The highest BCUT2D eigenvalue weighted by molar-refractivity contribution is 7.99. The first-order chi connectivity index (χ1) is 9.16. The minimum absolute atomic E-state index is 0.487. The molecule has 1 aliphatic rings. The second-order valence-electron chi connectivity index (χ2n) is 6.05. The van der Waals surface area contributed by atoms with E-state index >= 15 is 0 Å². The van der Waals surface area contributed by atoms with E-state index in [9.17, 15) is 0 Å². The van der Waals surface area contributed by atoms with Gasteiger partial charge in [-0.2, -0.15) is 11.8 Å². The Kier molecular flexibility index (Phi) is 5.59. The van der Waals surface area contributed by atoms with Crippen LogP contribution in [0.15, 0.2) is 30.3 Å². The number of ether oxygens (including phenoxy) is 1. The van der Waals surface area contributed by atoms with Gasteiger partial charge in [0, 0.05) is 11.8 Å². The lowest BCUT2D eigenvalue weighted by Crippen LogP contribution is -2.40. The molecule has 0 aliphatic carbocycles. The molecule has 1 fully saturated rings. The number of hydrogen-bond donors (Lipinski definition) is 1. The average Bonchev–Trinajstić information content (AvgIpc) is 2.38. The first-order valence-electron chi connectivity index (χ1n) is 7.15. The fourth-order valence-corrected chi connectivity index (χ4v) is 3.79. The molecule has 0 aromatic heterocycles. The van der Waals surface area contributed by atoms with Crippen molar-refractivity contribution in [2.24, 2.45) is 5.41 Å². The third kappa shape index (κ3) is 5.45. The molecular formula is C16H25NOS. The van der Waals surface area contributed by atoms with E-state index < -0.39 is 0 Å². The van der Waals surface area contributed by atoms with Gasteiger partial charge < -0.3 is 10.1 Å². The maximum Gasteiger partial charge on any atom is 0.119 e. The van der Waals surface area contributed by atoms with E-state index in [1.807, 2.05) is 30.3 Å².